The lowest BCUT2D eigenvalue weighted by atomic mass is 10.2. The molecule has 0 aliphatic rings. The lowest BCUT2D eigenvalue weighted by Crippen LogP contribution is -1.63. The largest absolute Gasteiger partial charge is 0.152 e. The predicted octanol–water partition coefficient (Wildman–Crippen LogP) is 11.9. The number of aryl methyl sites for hydroxylation is 8. The predicted molar refractivity (Wildman–Crippen MR) is 166 cm³/mol. The van der Waals surface area contributed by atoms with Crippen molar-refractivity contribution in [2.24, 2.45) is 0 Å². The molecule has 0 amide bonds. The Morgan fingerprint density at radius 3 is 1.29 bits per heavy atom. The molecule has 0 atom stereocenters. The SMILES string of the molecule is Cc1cc2sc(C)cc2s1.Cc1cc2scc(C)c2s1.Cc1ccc(C)s1.Cc1cscc1C. The van der Waals surface area contributed by atoms with Crippen molar-refractivity contribution in [2.45, 2.75) is 55.4 Å². The van der Waals surface area contributed by atoms with E-state index in [2.05, 4.69) is 102 Å². The van der Waals surface area contributed by atoms with Gasteiger partial charge in [-0.25, -0.2) is 0 Å². The first-order chi connectivity index (χ1) is 16.1. The molecule has 0 fully saturated rings. The van der Waals surface area contributed by atoms with Crippen LogP contribution in [-0.4, -0.2) is 0 Å². The maximum Gasteiger partial charge on any atom is 0.0482 e. The van der Waals surface area contributed by atoms with Gasteiger partial charge in [-0.05, 0) is 119 Å². The van der Waals surface area contributed by atoms with Gasteiger partial charge in [-0.15, -0.1) is 56.7 Å². The standard InChI is InChI=1S/2C8H8S2.2C6H8S/c1-5-4-9-7-3-6(2)10-8(5)7;1-5-3-7-8(9-5)4-6(2)10-7;1-5-3-7-4-6(5)2;1-5-3-4-6(2)7-5/h2*3-4H,1-2H3;2*3-4H,1-2H3. The third kappa shape index (κ3) is 7.87. The van der Waals surface area contributed by atoms with E-state index in [4.69, 9.17) is 0 Å². The van der Waals surface area contributed by atoms with Gasteiger partial charge in [-0.2, -0.15) is 11.3 Å². The molecule has 0 unspecified atom stereocenters. The number of hydrogen-bond acceptors (Lipinski definition) is 6. The van der Waals surface area contributed by atoms with Crippen LogP contribution in [0.15, 0.2) is 46.5 Å². The highest BCUT2D eigenvalue weighted by atomic mass is 32.1. The van der Waals surface area contributed by atoms with Crippen molar-refractivity contribution in [1.82, 2.24) is 0 Å². The third-order valence-electron chi connectivity index (χ3n) is 4.98. The second-order valence-electron chi connectivity index (χ2n) is 8.31. The third-order valence-corrected chi connectivity index (χ3v) is 11.4. The molecule has 0 aromatic carbocycles. The molecular weight excluding hydrogens is 529 g/mol. The molecule has 34 heavy (non-hydrogen) atoms. The summed E-state index contributed by atoms with van der Waals surface area (Å²) in [6.45, 7) is 17.2. The highest BCUT2D eigenvalue weighted by molar-refractivity contribution is 7.28. The van der Waals surface area contributed by atoms with Crippen molar-refractivity contribution < 1.29 is 0 Å². The number of rotatable bonds is 0. The summed E-state index contributed by atoms with van der Waals surface area (Å²) >= 11 is 11.1. The van der Waals surface area contributed by atoms with Crippen LogP contribution >= 0.6 is 68.0 Å². The summed E-state index contributed by atoms with van der Waals surface area (Å²) in [6, 6.07) is 11.1. The van der Waals surface area contributed by atoms with Gasteiger partial charge < -0.3 is 0 Å². The van der Waals surface area contributed by atoms with Gasteiger partial charge in [0.15, 0.2) is 0 Å². The molecule has 6 heterocycles. The number of thiophene rings is 6. The number of fused-ring (bicyclic) bond motifs is 2. The summed E-state index contributed by atoms with van der Waals surface area (Å²) in [5.74, 6) is 0. The molecule has 0 bridgehead atoms. The van der Waals surface area contributed by atoms with Crippen molar-refractivity contribution in [2.75, 3.05) is 0 Å². The first kappa shape index (κ1) is 27.3. The fourth-order valence-electron chi connectivity index (χ4n) is 3.12. The van der Waals surface area contributed by atoms with Gasteiger partial charge in [0.2, 0.25) is 0 Å². The zero-order chi connectivity index (χ0) is 24.8. The van der Waals surface area contributed by atoms with Crippen LogP contribution < -0.4 is 0 Å². The minimum Gasteiger partial charge on any atom is -0.152 e. The fourth-order valence-corrected chi connectivity index (χ4v) is 9.21. The van der Waals surface area contributed by atoms with Crippen molar-refractivity contribution in [3.8, 4) is 0 Å². The number of hydrogen-bond donors (Lipinski definition) is 0. The quantitative estimate of drug-likeness (QED) is 0.173. The Kier molecular flexibility index (Phi) is 10.1. The van der Waals surface area contributed by atoms with E-state index in [1.54, 1.807) is 11.3 Å². The van der Waals surface area contributed by atoms with Crippen molar-refractivity contribution in [3.63, 3.8) is 0 Å². The Morgan fingerprint density at radius 2 is 0.912 bits per heavy atom. The summed E-state index contributed by atoms with van der Waals surface area (Å²) in [7, 11) is 0. The van der Waals surface area contributed by atoms with Crippen LogP contribution in [0.25, 0.3) is 18.8 Å². The summed E-state index contributed by atoms with van der Waals surface area (Å²) in [6.07, 6.45) is 0. The molecule has 6 heteroatoms. The average molecular weight is 561 g/mol. The monoisotopic (exact) mass is 560 g/mol. The Hall–Kier alpha value is -1.28. The summed E-state index contributed by atoms with van der Waals surface area (Å²) in [5, 5.41) is 6.55. The highest BCUT2D eigenvalue weighted by Crippen LogP contribution is 2.33. The molecule has 0 radical (unpaired) electrons. The van der Waals surface area contributed by atoms with E-state index < -0.39 is 0 Å². The van der Waals surface area contributed by atoms with Gasteiger partial charge >= 0.3 is 0 Å². The Labute approximate surface area is 228 Å². The molecule has 180 valence electrons. The van der Waals surface area contributed by atoms with Crippen molar-refractivity contribution >= 4 is 86.8 Å². The Morgan fingerprint density at radius 1 is 0.441 bits per heavy atom. The maximum absolute atomic E-state index is 2.26. The van der Waals surface area contributed by atoms with Crippen LogP contribution in [0.3, 0.4) is 0 Å². The van der Waals surface area contributed by atoms with Gasteiger partial charge in [0.05, 0.1) is 0 Å². The summed E-state index contributed by atoms with van der Waals surface area (Å²) in [5.41, 5.74) is 4.24. The van der Waals surface area contributed by atoms with Crippen LogP contribution in [0.1, 0.15) is 41.1 Å². The maximum atomic E-state index is 2.26. The molecule has 6 rings (SSSR count). The van der Waals surface area contributed by atoms with E-state index in [1.807, 2.05) is 56.7 Å². The Balaban J connectivity index is 0.000000129. The van der Waals surface area contributed by atoms with E-state index in [1.165, 1.54) is 59.9 Å². The molecule has 0 saturated carbocycles. The lowest BCUT2D eigenvalue weighted by Gasteiger charge is -1.79. The van der Waals surface area contributed by atoms with Crippen LogP contribution in [0.5, 0.6) is 0 Å². The van der Waals surface area contributed by atoms with Gasteiger partial charge in [0.25, 0.3) is 0 Å². The molecule has 6 aromatic rings. The van der Waals surface area contributed by atoms with Crippen LogP contribution in [0.4, 0.5) is 0 Å². The van der Waals surface area contributed by atoms with Gasteiger partial charge in [-0.3, -0.25) is 0 Å². The van der Waals surface area contributed by atoms with E-state index in [-0.39, 0.29) is 0 Å². The molecule has 0 saturated heterocycles. The van der Waals surface area contributed by atoms with Crippen LogP contribution in [0, 0.1) is 55.4 Å². The first-order valence-electron chi connectivity index (χ1n) is 11.1. The van der Waals surface area contributed by atoms with Crippen LogP contribution in [-0.2, 0) is 0 Å². The second-order valence-corrected chi connectivity index (χ2v) is 15.3. The summed E-state index contributed by atoms with van der Waals surface area (Å²) in [4.78, 5) is 7.06. The van der Waals surface area contributed by atoms with E-state index in [0.717, 1.165) is 0 Å². The molecule has 0 spiro atoms. The smallest absolute Gasteiger partial charge is 0.0482 e. The average Bonchev–Trinajstić information content (AvgIpc) is 3.58. The zero-order valence-electron chi connectivity index (χ0n) is 21.1. The summed E-state index contributed by atoms with van der Waals surface area (Å²) < 4.78 is 5.81. The van der Waals surface area contributed by atoms with E-state index in [0.29, 0.717) is 0 Å². The van der Waals surface area contributed by atoms with Crippen molar-refractivity contribution in [1.29, 1.82) is 0 Å². The minimum absolute atomic E-state index is 1.40. The van der Waals surface area contributed by atoms with E-state index >= 15 is 0 Å². The molecule has 0 aliphatic carbocycles. The zero-order valence-corrected chi connectivity index (χ0v) is 26.0. The molecule has 6 aromatic heterocycles. The highest BCUT2D eigenvalue weighted by Gasteiger charge is 2.02. The molecule has 0 nitrogen and oxygen atoms in total. The second kappa shape index (κ2) is 12.6. The minimum atomic E-state index is 1.40. The lowest BCUT2D eigenvalue weighted by molar-refractivity contribution is 1.41. The van der Waals surface area contributed by atoms with E-state index in [9.17, 15) is 0 Å². The van der Waals surface area contributed by atoms with Crippen LogP contribution in [0.2, 0.25) is 0 Å². The molecular formula is C28H32S6. The fraction of sp³-hybridized carbons (Fsp3) is 0.286. The Bertz CT molecular complexity index is 1350. The molecule has 0 aliphatic heterocycles. The molecule has 0 N–H and O–H groups in total. The topological polar surface area (TPSA) is 0 Å². The van der Waals surface area contributed by atoms with Crippen molar-refractivity contribution in [3.05, 3.63) is 87.5 Å². The van der Waals surface area contributed by atoms with Gasteiger partial charge in [0.1, 0.15) is 0 Å². The first-order valence-corrected chi connectivity index (χ1v) is 16.1. The van der Waals surface area contributed by atoms with Gasteiger partial charge in [0, 0.05) is 43.2 Å². The normalized spacial score (nSPS) is 10.4. The van der Waals surface area contributed by atoms with Gasteiger partial charge in [-0.1, -0.05) is 0 Å².